The molecule has 0 aromatic heterocycles. The minimum Gasteiger partial charge on any atom is -0.0802 e. The lowest BCUT2D eigenvalue weighted by Crippen LogP contribution is -2.29. The summed E-state index contributed by atoms with van der Waals surface area (Å²) in [6.45, 7) is 4.68. The smallest absolute Gasteiger partial charge is 0.0719 e. The van der Waals surface area contributed by atoms with Crippen LogP contribution in [0.15, 0.2) is 170 Å². The molecule has 8 rings (SSSR count). The van der Waals surface area contributed by atoms with E-state index in [1.165, 1.54) is 73.2 Å². The Hall–Kier alpha value is -5.20. The molecule has 2 unspecified atom stereocenters. The number of hydrogen-bond acceptors (Lipinski definition) is 0. The molecule has 0 saturated heterocycles. The number of allylic oxidation sites excluding steroid dienone is 4. The van der Waals surface area contributed by atoms with Gasteiger partial charge in [-0.05, 0) is 91.1 Å². The molecule has 0 aliphatic heterocycles. The lowest BCUT2D eigenvalue weighted by molar-refractivity contribution is 0.418. The molecule has 0 N–H and O–H groups in total. The van der Waals surface area contributed by atoms with Crippen LogP contribution in [0.25, 0.3) is 39.0 Å². The zero-order valence-corrected chi connectivity index (χ0v) is 27.2. The third-order valence-electron chi connectivity index (χ3n) is 10.7. The van der Waals surface area contributed by atoms with Gasteiger partial charge in [0.05, 0.1) is 5.41 Å². The van der Waals surface area contributed by atoms with Gasteiger partial charge in [0.2, 0.25) is 0 Å². The highest BCUT2D eigenvalue weighted by Gasteiger charge is 2.47. The number of hydrogen-bond donors (Lipinski definition) is 0. The SMILES string of the molecule is CCC(C)C1C=CC(c2ccc3c(c2)C(c2ccccc2)(c2ccccc2)c2c(-c4ccc(-c5ccccc5)cc4)cccc2-3)=CC1. The van der Waals surface area contributed by atoms with E-state index in [1.54, 1.807) is 0 Å². The molecule has 0 fully saturated rings. The normalized spacial score (nSPS) is 16.6. The summed E-state index contributed by atoms with van der Waals surface area (Å²) < 4.78 is 0. The van der Waals surface area contributed by atoms with Gasteiger partial charge in [-0.1, -0.05) is 184 Å². The Bertz CT molecular complexity index is 2040. The maximum Gasteiger partial charge on any atom is 0.0719 e. The molecule has 6 aromatic rings. The van der Waals surface area contributed by atoms with Crippen LogP contribution in [-0.2, 0) is 5.41 Å². The Morgan fingerprint density at radius 3 is 1.77 bits per heavy atom. The van der Waals surface area contributed by atoms with Gasteiger partial charge in [0.15, 0.2) is 0 Å². The maximum absolute atomic E-state index is 2.50. The largest absolute Gasteiger partial charge is 0.0802 e. The molecule has 2 atom stereocenters. The molecule has 2 aliphatic rings. The van der Waals surface area contributed by atoms with Gasteiger partial charge in [0.1, 0.15) is 0 Å². The molecular formula is C47H40. The first-order chi connectivity index (χ1) is 23.2. The van der Waals surface area contributed by atoms with Crippen LogP contribution in [0.3, 0.4) is 0 Å². The van der Waals surface area contributed by atoms with E-state index in [0.717, 1.165) is 6.42 Å². The summed E-state index contributed by atoms with van der Waals surface area (Å²) in [4.78, 5) is 0. The fourth-order valence-corrected chi connectivity index (χ4v) is 8.02. The van der Waals surface area contributed by atoms with Crippen molar-refractivity contribution in [1.29, 1.82) is 0 Å². The minimum atomic E-state index is -0.476. The van der Waals surface area contributed by atoms with Crippen LogP contribution < -0.4 is 0 Å². The Morgan fingerprint density at radius 1 is 0.574 bits per heavy atom. The molecule has 47 heavy (non-hydrogen) atoms. The molecule has 0 amide bonds. The first-order valence-electron chi connectivity index (χ1n) is 17.1. The van der Waals surface area contributed by atoms with E-state index in [4.69, 9.17) is 0 Å². The Kier molecular flexibility index (Phi) is 7.58. The van der Waals surface area contributed by atoms with Crippen molar-refractivity contribution in [3.8, 4) is 33.4 Å². The number of rotatable bonds is 7. The average Bonchev–Trinajstić information content (AvgIpc) is 3.46. The fraction of sp³-hybridized carbons (Fsp3) is 0.149. The summed E-state index contributed by atoms with van der Waals surface area (Å²) in [5.74, 6) is 1.31. The van der Waals surface area contributed by atoms with Crippen molar-refractivity contribution in [1.82, 2.24) is 0 Å². The number of fused-ring (bicyclic) bond motifs is 3. The third-order valence-corrected chi connectivity index (χ3v) is 10.7. The van der Waals surface area contributed by atoms with Gasteiger partial charge in [0.25, 0.3) is 0 Å². The van der Waals surface area contributed by atoms with Crippen LogP contribution in [0, 0.1) is 11.8 Å². The molecule has 0 saturated carbocycles. The van der Waals surface area contributed by atoms with Crippen LogP contribution in [0.4, 0.5) is 0 Å². The lowest BCUT2D eigenvalue weighted by Gasteiger charge is -2.35. The molecule has 228 valence electrons. The molecule has 0 heteroatoms. The Labute approximate surface area is 279 Å². The molecule has 2 aliphatic carbocycles. The van der Waals surface area contributed by atoms with Crippen molar-refractivity contribution >= 4 is 5.57 Å². The van der Waals surface area contributed by atoms with E-state index >= 15 is 0 Å². The highest BCUT2D eigenvalue weighted by molar-refractivity contribution is 5.94. The molecule has 0 spiro atoms. The predicted octanol–water partition coefficient (Wildman–Crippen LogP) is 12.4. The molecule has 0 nitrogen and oxygen atoms in total. The first-order valence-corrected chi connectivity index (χ1v) is 17.1. The van der Waals surface area contributed by atoms with E-state index in [0.29, 0.717) is 11.8 Å². The van der Waals surface area contributed by atoms with Crippen molar-refractivity contribution in [3.05, 3.63) is 198 Å². The topological polar surface area (TPSA) is 0 Å². The van der Waals surface area contributed by atoms with Crippen molar-refractivity contribution in [2.75, 3.05) is 0 Å². The molecule has 6 aromatic carbocycles. The highest BCUT2D eigenvalue weighted by atomic mass is 14.5. The summed E-state index contributed by atoms with van der Waals surface area (Å²) >= 11 is 0. The monoisotopic (exact) mass is 604 g/mol. The van der Waals surface area contributed by atoms with Crippen molar-refractivity contribution in [2.45, 2.75) is 32.1 Å². The van der Waals surface area contributed by atoms with Gasteiger partial charge in [-0.15, -0.1) is 0 Å². The summed E-state index contributed by atoms with van der Waals surface area (Å²) in [5.41, 5.74) is 15.1. The van der Waals surface area contributed by atoms with E-state index in [9.17, 15) is 0 Å². The minimum absolute atomic E-state index is 0.476. The van der Waals surface area contributed by atoms with Crippen LogP contribution in [0.2, 0.25) is 0 Å². The second-order valence-corrected chi connectivity index (χ2v) is 13.2. The second kappa shape index (κ2) is 12.2. The predicted molar refractivity (Wildman–Crippen MR) is 199 cm³/mol. The lowest BCUT2D eigenvalue weighted by atomic mass is 9.66. The van der Waals surface area contributed by atoms with E-state index in [-0.39, 0.29) is 0 Å². The summed E-state index contributed by atoms with van der Waals surface area (Å²) in [5, 5.41) is 0. The molecular weight excluding hydrogens is 565 g/mol. The third kappa shape index (κ3) is 4.91. The summed E-state index contributed by atoms with van der Waals surface area (Å²) in [7, 11) is 0. The van der Waals surface area contributed by atoms with Crippen LogP contribution in [0.5, 0.6) is 0 Å². The van der Waals surface area contributed by atoms with E-state index < -0.39 is 5.41 Å². The fourth-order valence-electron chi connectivity index (χ4n) is 8.02. The van der Waals surface area contributed by atoms with Crippen molar-refractivity contribution in [3.63, 3.8) is 0 Å². The molecule has 0 radical (unpaired) electrons. The maximum atomic E-state index is 2.50. The van der Waals surface area contributed by atoms with Gasteiger partial charge in [-0.25, -0.2) is 0 Å². The van der Waals surface area contributed by atoms with Gasteiger partial charge < -0.3 is 0 Å². The van der Waals surface area contributed by atoms with Gasteiger partial charge >= 0.3 is 0 Å². The van der Waals surface area contributed by atoms with Crippen LogP contribution in [-0.4, -0.2) is 0 Å². The molecule has 0 heterocycles. The zero-order valence-electron chi connectivity index (χ0n) is 27.2. The van der Waals surface area contributed by atoms with Crippen LogP contribution in [0.1, 0.15) is 54.5 Å². The highest BCUT2D eigenvalue weighted by Crippen LogP contribution is 2.59. The zero-order chi connectivity index (χ0) is 31.8. The van der Waals surface area contributed by atoms with Crippen molar-refractivity contribution in [2.24, 2.45) is 11.8 Å². The second-order valence-electron chi connectivity index (χ2n) is 13.2. The van der Waals surface area contributed by atoms with E-state index in [1.807, 2.05) is 0 Å². The van der Waals surface area contributed by atoms with Gasteiger partial charge in [-0.3, -0.25) is 0 Å². The quantitative estimate of drug-likeness (QED) is 0.170. The Morgan fingerprint density at radius 2 is 1.15 bits per heavy atom. The van der Waals surface area contributed by atoms with Crippen LogP contribution >= 0.6 is 0 Å². The average molecular weight is 605 g/mol. The van der Waals surface area contributed by atoms with E-state index in [2.05, 4.69) is 184 Å². The first kappa shape index (κ1) is 29.2. The number of benzene rings is 6. The van der Waals surface area contributed by atoms with Gasteiger partial charge in [0, 0.05) is 0 Å². The standard InChI is InChI=1S/C47H40/c1-3-33(2)34-22-24-37(25-23-34)39-30-31-43-44-21-13-20-42(38-28-26-36(27-29-38)35-14-7-4-8-15-35)46(44)47(45(43)32-39,40-16-9-5-10-17-40)41-18-11-6-12-19-41/h4-22,24-34H,3,23H2,1-2H3. The summed E-state index contributed by atoms with van der Waals surface area (Å²) in [6, 6.07) is 56.3. The molecule has 0 bridgehead atoms. The van der Waals surface area contributed by atoms with Gasteiger partial charge in [-0.2, -0.15) is 0 Å². The Balaban J connectivity index is 1.36. The van der Waals surface area contributed by atoms with Crippen molar-refractivity contribution < 1.29 is 0 Å². The summed E-state index contributed by atoms with van der Waals surface area (Å²) in [6.07, 6.45) is 9.60.